The summed E-state index contributed by atoms with van der Waals surface area (Å²) in [5.41, 5.74) is 0.208. The van der Waals surface area contributed by atoms with Gasteiger partial charge in [-0.2, -0.15) is 0 Å². The van der Waals surface area contributed by atoms with E-state index in [4.69, 9.17) is 4.74 Å². The molecule has 1 saturated carbocycles. The van der Waals surface area contributed by atoms with Crippen molar-refractivity contribution in [3.05, 3.63) is 53.0 Å². The number of phenols is 1. The van der Waals surface area contributed by atoms with Gasteiger partial charge in [0.25, 0.3) is 5.91 Å². The van der Waals surface area contributed by atoms with E-state index >= 15 is 0 Å². The van der Waals surface area contributed by atoms with Crippen molar-refractivity contribution >= 4 is 51.7 Å². The summed E-state index contributed by atoms with van der Waals surface area (Å²) in [5.74, 6) is -0.779. The molecular formula is C33H47BrN4O6S. The van der Waals surface area contributed by atoms with Crippen molar-refractivity contribution in [3.63, 3.8) is 0 Å². The summed E-state index contributed by atoms with van der Waals surface area (Å²) in [7, 11) is 0. The monoisotopic (exact) mass is 706 g/mol. The van der Waals surface area contributed by atoms with Crippen LogP contribution >= 0.6 is 27.9 Å². The zero-order valence-electron chi connectivity index (χ0n) is 26.5. The second-order valence-corrected chi connectivity index (χ2v) is 14.6. The number of nitrogens with one attached hydrogen (secondary N) is 3. The lowest BCUT2D eigenvalue weighted by Crippen LogP contribution is -2.58. The second kappa shape index (κ2) is 17.6. The Labute approximate surface area is 279 Å². The van der Waals surface area contributed by atoms with Gasteiger partial charge in [-0.25, -0.2) is 4.79 Å². The molecule has 2 fully saturated rings. The van der Waals surface area contributed by atoms with Gasteiger partial charge in [0.05, 0.1) is 6.61 Å². The first-order chi connectivity index (χ1) is 21.4. The molecule has 4 amide bonds. The Hall–Kier alpha value is -2.99. The Kier molecular flexibility index (Phi) is 14.3. The highest BCUT2D eigenvalue weighted by atomic mass is 79.9. The number of hydrogen-bond acceptors (Lipinski definition) is 7. The highest BCUT2D eigenvalue weighted by molar-refractivity contribution is 9.10. The minimum Gasteiger partial charge on any atom is -0.508 e. The van der Waals surface area contributed by atoms with Crippen LogP contribution in [0.15, 0.2) is 47.5 Å². The van der Waals surface area contributed by atoms with E-state index in [0.29, 0.717) is 37.5 Å². The number of amides is 4. The lowest BCUT2D eigenvalue weighted by molar-refractivity contribution is -0.142. The number of benzene rings is 1. The van der Waals surface area contributed by atoms with E-state index in [0.717, 1.165) is 35.7 Å². The number of unbranched alkanes of at least 4 members (excludes halogenated alkanes) is 2. The van der Waals surface area contributed by atoms with Gasteiger partial charge in [-0.3, -0.25) is 19.1 Å². The van der Waals surface area contributed by atoms with Gasteiger partial charge in [0.15, 0.2) is 0 Å². The van der Waals surface area contributed by atoms with Crippen LogP contribution in [0.3, 0.4) is 0 Å². The van der Waals surface area contributed by atoms with Crippen molar-refractivity contribution in [2.45, 2.75) is 102 Å². The number of ether oxygens (including phenoxy) is 1. The van der Waals surface area contributed by atoms with Crippen LogP contribution < -0.4 is 15.4 Å². The molecule has 2 aliphatic rings. The fourth-order valence-corrected chi connectivity index (χ4v) is 6.05. The molecule has 3 rings (SSSR count). The Morgan fingerprint density at radius 3 is 2.58 bits per heavy atom. The first-order valence-electron chi connectivity index (χ1n) is 15.6. The fraction of sp³-hybridized carbons (Fsp3) is 0.576. The van der Waals surface area contributed by atoms with Gasteiger partial charge in [0.2, 0.25) is 11.8 Å². The van der Waals surface area contributed by atoms with E-state index < -0.39 is 35.5 Å². The molecule has 1 heterocycles. The largest absolute Gasteiger partial charge is 0.508 e. The molecule has 0 spiro atoms. The Balaban J connectivity index is 1.46. The van der Waals surface area contributed by atoms with E-state index in [2.05, 4.69) is 37.9 Å². The highest BCUT2D eigenvalue weighted by Gasteiger charge is 2.42. The average Bonchev–Trinajstić information content (AvgIpc) is 3.68. The summed E-state index contributed by atoms with van der Waals surface area (Å²) in [4.78, 5) is 54.0. The van der Waals surface area contributed by atoms with Gasteiger partial charge in [-0.05, 0) is 92.8 Å². The SMILES string of the molecule is C=CCC(NC(=O)C1CCCN1C(=O)[C@@H](NC(=O)OCCCC/C=C/Cc1ccc(Br)cc1O)C(C)(C)C)C(=O)NSC1CC1. The first-order valence-corrected chi connectivity index (χ1v) is 17.3. The predicted octanol–water partition coefficient (Wildman–Crippen LogP) is 5.54. The fourth-order valence-electron chi connectivity index (χ4n) is 4.91. The Morgan fingerprint density at radius 1 is 1.16 bits per heavy atom. The molecular weight excluding hydrogens is 660 g/mol. The van der Waals surface area contributed by atoms with E-state index in [1.807, 2.05) is 45.1 Å². The molecule has 1 aliphatic carbocycles. The van der Waals surface area contributed by atoms with Crippen molar-refractivity contribution in [3.8, 4) is 5.75 Å². The van der Waals surface area contributed by atoms with Crippen LogP contribution in [-0.4, -0.2) is 70.3 Å². The average molecular weight is 708 g/mol. The van der Waals surface area contributed by atoms with Gasteiger partial charge in [-0.1, -0.05) is 61.0 Å². The molecule has 1 aliphatic heterocycles. The number of allylic oxidation sites excluding steroid dienone is 2. The molecule has 12 heteroatoms. The third-order valence-corrected chi connectivity index (χ3v) is 9.27. The van der Waals surface area contributed by atoms with Crippen LogP contribution in [0.25, 0.3) is 0 Å². The number of halogens is 1. The van der Waals surface area contributed by atoms with Gasteiger partial charge in [0.1, 0.15) is 23.9 Å². The summed E-state index contributed by atoms with van der Waals surface area (Å²) in [5, 5.41) is 16.0. The Morgan fingerprint density at radius 2 is 1.91 bits per heavy atom. The standard InChI is InChI=1S/C33H47BrN4O6S/c1-5-12-25(29(40)37-45-24-17-18-24)35-30(41)26-14-11-19-38(26)31(42)28(33(2,3)4)36-32(43)44-20-10-8-6-7-9-13-22-15-16-23(34)21-27(22)39/h5,7,9,15-16,21,24-26,28,39H,1,6,8,10-14,17-20H2,2-4H3,(H,35,41)(H,36,43)(H,37,40)/b9-7+/t25?,26?,28-/m1/s1. The third-order valence-electron chi connectivity index (χ3n) is 7.65. The zero-order chi connectivity index (χ0) is 33.0. The van der Waals surface area contributed by atoms with Crippen LogP contribution in [-0.2, 0) is 25.5 Å². The zero-order valence-corrected chi connectivity index (χ0v) is 28.9. The molecule has 0 radical (unpaired) electrons. The smallest absolute Gasteiger partial charge is 0.407 e. The van der Waals surface area contributed by atoms with E-state index in [-0.39, 0.29) is 30.6 Å². The molecule has 3 atom stereocenters. The third kappa shape index (κ3) is 12.0. The molecule has 45 heavy (non-hydrogen) atoms. The maximum absolute atomic E-state index is 13.7. The molecule has 1 aromatic rings. The second-order valence-electron chi connectivity index (χ2n) is 12.6. The number of carbonyl (C=O) groups excluding carboxylic acids is 4. The minimum atomic E-state index is -0.904. The summed E-state index contributed by atoms with van der Waals surface area (Å²) in [6.07, 6.45) is 11.4. The quantitative estimate of drug-likeness (QED) is 0.101. The number of hydrogen-bond donors (Lipinski definition) is 4. The number of carbonyl (C=O) groups is 4. The molecule has 2 unspecified atom stereocenters. The molecule has 1 aromatic carbocycles. The normalized spacial score (nSPS) is 17.9. The molecule has 10 nitrogen and oxygen atoms in total. The van der Waals surface area contributed by atoms with E-state index in [9.17, 15) is 24.3 Å². The van der Waals surface area contributed by atoms with Crippen LogP contribution in [0.4, 0.5) is 4.79 Å². The van der Waals surface area contributed by atoms with Crippen LogP contribution in [0.2, 0.25) is 0 Å². The van der Waals surface area contributed by atoms with Crippen molar-refractivity contribution in [2.24, 2.45) is 5.41 Å². The van der Waals surface area contributed by atoms with Crippen LogP contribution in [0, 0.1) is 5.41 Å². The summed E-state index contributed by atoms with van der Waals surface area (Å²) < 4.78 is 9.04. The maximum atomic E-state index is 13.7. The predicted molar refractivity (Wildman–Crippen MR) is 180 cm³/mol. The number of rotatable bonds is 16. The first kappa shape index (κ1) is 36.5. The van der Waals surface area contributed by atoms with Crippen molar-refractivity contribution in [1.82, 2.24) is 20.3 Å². The van der Waals surface area contributed by atoms with Crippen molar-refractivity contribution in [2.75, 3.05) is 13.2 Å². The van der Waals surface area contributed by atoms with Crippen molar-refractivity contribution in [1.29, 1.82) is 0 Å². The van der Waals surface area contributed by atoms with Crippen molar-refractivity contribution < 1.29 is 29.0 Å². The number of nitrogens with zero attached hydrogens (tertiary/aromatic N) is 1. The van der Waals surface area contributed by atoms with Gasteiger partial charge < -0.3 is 25.4 Å². The summed E-state index contributed by atoms with van der Waals surface area (Å²) >= 11 is 4.71. The van der Waals surface area contributed by atoms with Crippen LogP contribution in [0.5, 0.6) is 5.75 Å². The number of alkyl carbamates (subject to hydrolysis) is 1. The van der Waals surface area contributed by atoms with Gasteiger partial charge >= 0.3 is 6.09 Å². The van der Waals surface area contributed by atoms with E-state index in [1.54, 1.807) is 12.1 Å². The maximum Gasteiger partial charge on any atom is 0.407 e. The number of phenolic OH excluding ortho intramolecular Hbond substituents is 1. The Bertz CT molecular complexity index is 1230. The molecule has 0 aromatic heterocycles. The summed E-state index contributed by atoms with van der Waals surface area (Å²) in [6, 6.07) is 3.02. The molecule has 248 valence electrons. The molecule has 4 N–H and O–H groups in total. The summed E-state index contributed by atoms with van der Waals surface area (Å²) in [6.45, 7) is 9.85. The molecule has 1 saturated heterocycles. The number of aromatic hydroxyl groups is 1. The van der Waals surface area contributed by atoms with Crippen LogP contribution in [0.1, 0.15) is 77.7 Å². The lowest BCUT2D eigenvalue weighted by atomic mass is 9.85. The number of likely N-dealkylation sites (tertiary alicyclic amines) is 1. The minimum absolute atomic E-state index is 0.207. The highest BCUT2D eigenvalue weighted by Crippen LogP contribution is 2.32. The lowest BCUT2D eigenvalue weighted by Gasteiger charge is -2.35. The van der Waals surface area contributed by atoms with Gasteiger partial charge in [-0.15, -0.1) is 6.58 Å². The van der Waals surface area contributed by atoms with Gasteiger partial charge in [0, 0.05) is 16.3 Å². The van der Waals surface area contributed by atoms with E-state index in [1.165, 1.54) is 16.8 Å². The topological polar surface area (TPSA) is 137 Å². The molecule has 0 bridgehead atoms.